The summed E-state index contributed by atoms with van der Waals surface area (Å²) in [5.41, 5.74) is 0.786. The monoisotopic (exact) mass is 319 g/mol. The molecular formula is C16H29N7. The number of rotatable bonds is 9. The van der Waals surface area contributed by atoms with E-state index < -0.39 is 0 Å². The maximum absolute atomic E-state index is 4.55. The van der Waals surface area contributed by atoms with Crippen LogP contribution in [0.1, 0.15) is 25.6 Å². The fourth-order valence-corrected chi connectivity index (χ4v) is 2.65. The first kappa shape index (κ1) is 17.6. The van der Waals surface area contributed by atoms with Gasteiger partial charge in [-0.2, -0.15) is 5.10 Å². The highest BCUT2D eigenvalue weighted by Gasteiger charge is 2.14. The third kappa shape index (κ3) is 5.14. The van der Waals surface area contributed by atoms with Gasteiger partial charge in [0, 0.05) is 12.6 Å². The van der Waals surface area contributed by atoms with Crippen LogP contribution in [0, 0.1) is 6.92 Å². The molecule has 128 valence electrons. The lowest BCUT2D eigenvalue weighted by atomic mass is 10.2. The molecular weight excluding hydrogens is 290 g/mol. The van der Waals surface area contributed by atoms with Crippen molar-refractivity contribution in [3.8, 4) is 0 Å². The summed E-state index contributed by atoms with van der Waals surface area (Å²) in [7, 11) is 6.41. The molecule has 0 radical (unpaired) electrons. The third-order valence-electron chi connectivity index (χ3n) is 3.93. The molecule has 0 aliphatic carbocycles. The van der Waals surface area contributed by atoms with Gasteiger partial charge in [-0.25, -0.2) is 9.97 Å². The lowest BCUT2D eigenvalue weighted by Gasteiger charge is -2.25. The number of likely N-dealkylation sites (N-methyl/N-ethyl adjacent to an activating group) is 1. The SMILES string of the molecule is CCC(CN(C)CCCN(C)C)Nc1nc(C)nc2[nH]ncc12. The lowest BCUT2D eigenvalue weighted by Crippen LogP contribution is -2.35. The average Bonchev–Trinajstić information content (AvgIpc) is 2.94. The smallest absolute Gasteiger partial charge is 0.161 e. The van der Waals surface area contributed by atoms with E-state index in [1.165, 1.54) is 6.42 Å². The fourth-order valence-electron chi connectivity index (χ4n) is 2.65. The van der Waals surface area contributed by atoms with Gasteiger partial charge in [0.1, 0.15) is 11.6 Å². The summed E-state index contributed by atoms with van der Waals surface area (Å²) >= 11 is 0. The zero-order valence-electron chi connectivity index (χ0n) is 14.9. The van der Waals surface area contributed by atoms with Crippen LogP contribution in [0.25, 0.3) is 11.0 Å². The van der Waals surface area contributed by atoms with Gasteiger partial charge in [-0.1, -0.05) is 6.92 Å². The molecule has 7 heteroatoms. The van der Waals surface area contributed by atoms with Gasteiger partial charge in [0.25, 0.3) is 0 Å². The Morgan fingerprint density at radius 1 is 1.22 bits per heavy atom. The number of hydrogen-bond acceptors (Lipinski definition) is 6. The van der Waals surface area contributed by atoms with E-state index in [4.69, 9.17) is 0 Å². The maximum atomic E-state index is 4.55. The van der Waals surface area contributed by atoms with Gasteiger partial charge >= 0.3 is 0 Å². The summed E-state index contributed by atoms with van der Waals surface area (Å²) in [6, 6.07) is 0.353. The number of aromatic nitrogens is 4. The van der Waals surface area contributed by atoms with Crippen LogP contribution in [0.4, 0.5) is 5.82 Å². The molecule has 0 aromatic carbocycles. The van der Waals surface area contributed by atoms with Crippen molar-refractivity contribution in [3.05, 3.63) is 12.0 Å². The van der Waals surface area contributed by atoms with Crippen LogP contribution < -0.4 is 5.32 Å². The minimum atomic E-state index is 0.353. The molecule has 23 heavy (non-hydrogen) atoms. The minimum absolute atomic E-state index is 0.353. The normalized spacial score (nSPS) is 13.2. The Morgan fingerprint density at radius 3 is 2.70 bits per heavy atom. The second kappa shape index (κ2) is 8.21. The summed E-state index contributed by atoms with van der Waals surface area (Å²) in [4.78, 5) is 13.5. The summed E-state index contributed by atoms with van der Waals surface area (Å²) in [5.74, 6) is 1.62. The predicted molar refractivity (Wildman–Crippen MR) is 94.8 cm³/mol. The zero-order valence-corrected chi connectivity index (χ0v) is 14.9. The summed E-state index contributed by atoms with van der Waals surface area (Å²) < 4.78 is 0. The fraction of sp³-hybridized carbons (Fsp3) is 0.688. The first-order valence-corrected chi connectivity index (χ1v) is 8.27. The highest BCUT2D eigenvalue weighted by molar-refractivity contribution is 5.85. The molecule has 1 atom stereocenters. The van der Waals surface area contributed by atoms with E-state index in [2.05, 4.69) is 63.3 Å². The Labute approximate surface area is 138 Å². The van der Waals surface area contributed by atoms with Crippen molar-refractivity contribution in [2.45, 2.75) is 32.7 Å². The number of nitrogens with zero attached hydrogens (tertiary/aromatic N) is 5. The molecule has 7 nitrogen and oxygen atoms in total. The molecule has 2 heterocycles. The highest BCUT2D eigenvalue weighted by atomic mass is 15.2. The molecule has 0 fully saturated rings. The van der Waals surface area contributed by atoms with Gasteiger partial charge in [0.05, 0.1) is 11.6 Å². The molecule has 0 bridgehead atoms. The van der Waals surface area contributed by atoms with E-state index in [0.29, 0.717) is 6.04 Å². The van der Waals surface area contributed by atoms with Gasteiger partial charge in [-0.15, -0.1) is 0 Å². The van der Waals surface area contributed by atoms with E-state index in [1.807, 2.05) is 6.92 Å². The van der Waals surface area contributed by atoms with E-state index in [0.717, 1.165) is 48.7 Å². The number of H-pyrrole nitrogens is 1. The van der Waals surface area contributed by atoms with Crippen molar-refractivity contribution in [1.29, 1.82) is 0 Å². The van der Waals surface area contributed by atoms with Crippen LogP contribution in [0.2, 0.25) is 0 Å². The zero-order chi connectivity index (χ0) is 16.8. The summed E-state index contributed by atoms with van der Waals surface area (Å²) in [6.45, 7) is 7.31. The Bertz CT molecular complexity index is 607. The van der Waals surface area contributed by atoms with E-state index in [-0.39, 0.29) is 0 Å². The molecule has 0 saturated heterocycles. The van der Waals surface area contributed by atoms with E-state index in [1.54, 1.807) is 6.20 Å². The van der Waals surface area contributed by atoms with Crippen LogP contribution in [0.5, 0.6) is 0 Å². The molecule has 0 aliphatic heterocycles. The second-order valence-electron chi connectivity index (χ2n) is 6.42. The average molecular weight is 319 g/mol. The topological polar surface area (TPSA) is 73.0 Å². The van der Waals surface area contributed by atoms with Crippen molar-refractivity contribution >= 4 is 16.9 Å². The van der Waals surface area contributed by atoms with Crippen LogP contribution in [-0.2, 0) is 0 Å². The minimum Gasteiger partial charge on any atom is -0.365 e. The number of aryl methyl sites for hydroxylation is 1. The van der Waals surface area contributed by atoms with Gasteiger partial charge in [-0.05, 0) is 54.0 Å². The van der Waals surface area contributed by atoms with Gasteiger partial charge in [0.2, 0.25) is 0 Å². The Kier molecular flexibility index (Phi) is 6.29. The van der Waals surface area contributed by atoms with Crippen LogP contribution in [0.15, 0.2) is 6.20 Å². The van der Waals surface area contributed by atoms with Gasteiger partial charge in [0.15, 0.2) is 5.65 Å². The molecule has 1 unspecified atom stereocenters. The predicted octanol–water partition coefficient (Wildman–Crippen LogP) is 1.74. The van der Waals surface area contributed by atoms with Gasteiger partial charge in [-0.3, -0.25) is 5.10 Å². The van der Waals surface area contributed by atoms with Crippen LogP contribution in [0.3, 0.4) is 0 Å². The van der Waals surface area contributed by atoms with Crippen molar-refractivity contribution in [3.63, 3.8) is 0 Å². The largest absolute Gasteiger partial charge is 0.365 e. The van der Waals surface area contributed by atoms with Crippen molar-refractivity contribution < 1.29 is 0 Å². The van der Waals surface area contributed by atoms with E-state index in [9.17, 15) is 0 Å². The van der Waals surface area contributed by atoms with Gasteiger partial charge < -0.3 is 15.1 Å². The molecule has 2 rings (SSSR count). The maximum Gasteiger partial charge on any atom is 0.161 e. The number of fused-ring (bicyclic) bond motifs is 1. The lowest BCUT2D eigenvalue weighted by molar-refractivity contribution is 0.288. The van der Waals surface area contributed by atoms with Crippen LogP contribution in [-0.4, -0.2) is 76.8 Å². The molecule has 2 aromatic rings. The first-order chi connectivity index (χ1) is 11.0. The number of aromatic amines is 1. The van der Waals surface area contributed by atoms with E-state index >= 15 is 0 Å². The molecule has 2 N–H and O–H groups in total. The summed E-state index contributed by atoms with van der Waals surface area (Å²) in [5, 5.41) is 11.5. The third-order valence-corrected chi connectivity index (χ3v) is 3.93. The second-order valence-corrected chi connectivity index (χ2v) is 6.42. The van der Waals surface area contributed by atoms with Crippen molar-refractivity contribution in [2.75, 3.05) is 46.1 Å². The Hall–Kier alpha value is -1.73. The number of anilines is 1. The van der Waals surface area contributed by atoms with Crippen molar-refractivity contribution in [1.82, 2.24) is 30.0 Å². The molecule has 0 spiro atoms. The molecule has 2 aromatic heterocycles. The summed E-state index contributed by atoms with van der Waals surface area (Å²) in [6.07, 6.45) is 4.00. The number of nitrogens with one attached hydrogen (secondary N) is 2. The molecule has 0 amide bonds. The van der Waals surface area contributed by atoms with Crippen molar-refractivity contribution in [2.24, 2.45) is 0 Å². The Morgan fingerprint density at radius 2 is 2.00 bits per heavy atom. The number of hydrogen-bond donors (Lipinski definition) is 2. The first-order valence-electron chi connectivity index (χ1n) is 8.27. The quantitative estimate of drug-likeness (QED) is 0.733. The highest BCUT2D eigenvalue weighted by Crippen LogP contribution is 2.19. The molecule has 0 saturated carbocycles. The standard InChI is InChI=1S/C16H29N7/c1-6-13(11-23(5)9-7-8-22(3)4)20-15-14-10-17-21-16(14)19-12(2)18-15/h10,13H,6-9,11H2,1-5H3,(H2,17,18,19,20,21). The molecule has 0 aliphatic rings. The van der Waals surface area contributed by atoms with Crippen LogP contribution >= 0.6 is 0 Å². The Balaban J connectivity index is 1.96.